The van der Waals surface area contributed by atoms with Gasteiger partial charge in [0.1, 0.15) is 27.6 Å². The van der Waals surface area contributed by atoms with E-state index in [1.54, 1.807) is 123 Å². The van der Waals surface area contributed by atoms with Gasteiger partial charge >= 0.3 is 36.1 Å². The fourth-order valence-corrected chi connectivity index (χ4v) is 14.8. The molecule has 0 radical (unpaired) electrons. The van der Waals surface area contributed by atoms with Gasteiger partial charge in [-0.25, -0.2) is 14.8 Å². The van der Waals surface area contributed by atoms with Crippen LogP contribution in [0.3, 0.4) is 0 Å². The Morgan fingerprint density at radius 3 is 1.26 bits per heavy atom. The van der Waals surface area contributed by atoms with Gasteiger partial charge in [-0.05, 0) is 183 Å². The molecule has 0 unspecified atom stereocenters. The summed E-state index contributed by atoms with van der Waals surface area (Å²) in [6, 6.07) is 80.7. The predicted molar refractivity (Wildman–Crippen MR) is 562 cm³/mol. The Balaban J connectivity index is 0.000000136. The first-order chi connectivity index (χ1) is 71.0. The van der Waals surface area contributed by atoms with Crippen molar-refractivity contribution < 1.29 is 69.5 Å². The van der Waals surface area contributed by atoms with E-state index in [1.165, 1.54) is 54.1 Å². The summed E-state index contributed by atoms with van der Waals surface area (Å²) in [6.07, 6.45) is 3.36. The monoisotopic (exact) mass is 2060 g/mol. The van der Waals surface area contributed by atoms with Crippen LogP contribution in [0.2, 0.25) is 10.0 Å². The first-order valence-electron chi connectivity index (χ1n) is 43.6. The van der Waals surface area contributed by atoms with E-state index in [-0.39, 0.29) is 124 Å². The van der Waals surface area contributed by atoms with Crippen LogP contribution in [0.4, 0.5) is 50.8 Å². The van der Waals surface area contributed by atoms with Gasteiger partial charge < -0.3 is 81.4 Å². The number of ether oxygens (including phenoxy) is 2. The highest BCUT2D eigenvalue weighted by Crippen LogP contribution is 2.33. The van der Waals surface area contributed by atoms with Gasteiger partial charge in [-0.1, -0.05) is 167 Å². The van der Waals surface area contributed by atoms with Gasteiger partial charge in [0, 0.05) is 29.1 Å². The molecule has 1 aliphatic carbocycles. The maximum absolute atomic E-state index is 12.2. The predicted octanol–water partition coefficient (Wildman–Crippen LogP) is 15.7. The largest absolute Gasteiger partial charge is 0.493 e. The molecule has 0 atom stereocenters. The Morgan fingerprint density at radius 1 is 0.388 bits per heavy atom. The van der Waals surface area contributed by atoms with Crippen LogP contribution in [0.1, 0.15) is 62.2 Å². The molecule has 48 heteroatoms. The van der Waals surface area contributed by atoms with Gasteiger partial charge in [0.25, 0.3) is 17.7 Å². The minimum absolute atomic E-state index is 0.00883. The number of carbonyl (C=O) groups is 7. The summed E-state index contributed by atoms with van der Waals surface area (Å²) in [5, 5.41) is 21.4. The van der Waals surface area contributed by atoms with Crippen molar-refractivity contribution in [2.24, 2.45) is 81.0 Å². The molecule has 8 heterocycles. The van der Waals surface area contributed by atoms with E-state index >= 15 is 0 Å². The molecule has 147 heavy (non-hydrogen) atoms. The smallest absolute Gasteiger partial charge is 0.325 e. The summed E-state index contributed by atoms with van der Waals surface area (Å²) in [4.78, 5) is 139. The zero-order valence-electron chi connectivity index (χ0n) is 77.8. The molecule has 44 nitrogen and oxygen atoms in total. The second-order valence-corrected chi connectivity index (χ2v) is 33.2. The number of nitrogens with two attached hydrogens (primary N) is 7. The van der Waals surface area contributed by atoms with Crippen LogP contribution >= 0.6 is 45.9 Å². The quantitative estimate of drug-likeness (QED) is 0.0315. The number of nitrogens with zero attached hydrogens (tertiary/aromatic N) is 14. The molecule has 8 aromatic heterocycles. The number of oxazole rings is 5. The first-order valence-corrected chi connectivity index (χ1v) is 46.0. The molecule has 0 bridgehead atoms. The fourth-order valence-electron chi connectivity index (χ4n) is 12.6. The maximum Gasteiger partial charge on any atom is 0.325 e. The third-order valence-corrected chi connectivity index (χ3v) is 21.7. The molecule has 22 N–H and O–H groups in total. The lowest BCUT2D eigenvalue weighted by Gasteiger charge is -2.09. The number of methoxy groups -OCH3 is 2. The normalized spacial score (nSPS) is 12.1. The number of thiazole rings is 2. The molecule has 8 amide bonds. The van der Waals surface area contributed by atoms with Crippen molar-refractivity contribution in [3.8, 4) is 11.5 Å². The highest BCUT2D eigenvalue weighted by atomic mass is 35.5. The zero-order valence-corrected chi connectivity index (χ0v) is 80.9. The van der Waals surface area contributed by atoms with Crippen LogP contribution in [0.15, 0.2) is 341 Å². The lowest BCUT2D eigenvalue weighted by Crippen LogP contribution is -2.39. The highest BCUT2D eigenvalue weighted by molar-refractivity contribution is 7.22. The van der Waals surface area contributed by atoms with E-state index in [2.05, 4.69) is 112 Å². The maximum atomic E-state index is 12.2. The number of halogens is 2. The van der Waals surface area contributed by atoms with E-state index in [1.807, 2.05) is 153 Å². The summed E-state index contributed by atoms with van der Waals surface area (Å²) >= 11 is 14.6. The highest BCUT2D eigenvalue weighted by Gasteiger charge is 2.30. The SMILES string of the molecule is CC(=O)NC(N)=Nc1nc2cc(C)ccc2o1.COc1ccc(CC(=O)NC(N)=Nc2nc3ccccc3s2)cc1OC.NC(=Nc1nc2ccccc2o1)NC(=O)C1CC1.NC(=Nc1nc2ccccc2o1)NC(=O)Nc1ccccc1.NC(=Nc1nc2ccccc2o1)NC(=O)c1ccc(Cl)cc1Cl.NC(=Nc1nc2ccccc2o1)NC(=O)c1ccco1.NC(=Nc1nc2ccccc2s1)NC(=O)c1ccccc1. The van der Waals surface area contributed by atoms with Gasteiger partial charge in [0.05, 0.1) is 57.9 Å². The molecule has 0 spiro atoms. The summed E-state index contributed by atoms with van der Waals surface area (Å²) in [5.41, 5.74) is 51.0. The van der Waals surface area contributed by atoms with Crippen molar-refractivity contribution in [1.29, 1.82) is 0 Å². The lowest BCUT2D eigenvalue weighted by atomic mass is 10.1. The number of amides is 8. The van der Waals surface area contributed by atoms with E-state index in [4.69, 9.17) is 99.3 Å². The van der Waals surface area contributed by atoms with Crippen molar-refractivity contribution in [3.05, 3.63) is 317 Å². The third-order valence-electron chi connectivity index (χ3n) is 19.3. The molecule has 0 saturated heterocycles. The van der Waals surface area contributed by atoms with Crippen LogP contribution in [0.25, 0.3) is 75.9 Å². The topological polar surface area (TPSA) is 672 Å². The summed E-state index contributed by atoms with van der Waals surface area (Å²) < 4.78 is 44.2. The molecule has 1 fully saturated rings. The van der Waals surface area contributed by atoms with Crippen LogP contribution in [0, 0.1) is 12.8 Å². The van der Waals surface area contributed by atoms with Gasteiger partial charge in [0.2, 0.25) is 69.7 Å². The number of nitrogens with one attached hydrogen (secondary N) is 8. The van der Waals surface area contributed by atoms with Crippen LogP contribution in [-0.2, 0) is 20.8 Å². The second kappa shape index (κ2) is 50.0. The third kappa shape index (κ3) is 30.9. The molecular weight excluding hydrogens is 1970 g/mol. The van der Waals surface area contributed by atoms with Crippen LogP contribution in [0.5, 0.6) is 11.5 Å². The molecule has 1 aliphatic rings. The number of urea groups is 1. The van der Waals surface area contributed by atoms with Crippen molar-refractivity contribution in [3.63, 3.8) is 0 Å². The standard InChI is InChI=1S/C18H18N4O3S.C15H10Cl2N4O2.C15H13N5O2.C15H12N4OS.C13H10N4O3.C12H12N4O2.C11H12N4O2/c1-24-13-8-7-11(9-14(13)25-2)10-16(23)21-17(19)22-18-20-12-5-3-4-6-15(12)26-18;16-8-5-6-9(10(17)7-8)13(22)20-14(18)21-15-19-11-3-1-2-4-12(11)23-15;16-13(19-14(21)17-10-6-2-1-3-7-10)20-15-18-11-8-4-5-9-12(11)22-15;16-14(18-13(20)10-6-2-1-3-7-10)19-15-17-11-8-4-5-9-12(11)21-15;14-12(16-11(18)10-6-3-7-19-10)17-13-15-8-4-1-2-5-9(8)20-13;13-11(15-10(17)7-5-6-7)16-12-14-8-3-1-2-4-9(8)18-12;1-6-3-4-9-8(5-6)14-11(17-9)15-10(12)13-7(2)16/h3-9H,10H2,1-2H3,(H3,19,20,21,22,23);1-7H,(H3,18,19,20,21,22);1-9H,(H4,16,17,18,19,20,21);1-9H,(H3,16,17,18,19,20);1-7H,(H3,14,15,16,17,18);1-4,7H,5-6H2,(H3,13,14,15,16,17);3-5H,1-2H3,(H3,12,13,14,15,16). The van der Waals surface area contributed by atoms with Crippen LogP contribution < -0.4 is 92.1 Å². The number of aryl methyl sites for hydroxylation is 1. The van der Waals surface area contributed by atoms with Gasteiger partial charge in [0.15, 0.2) is 45.2 Å². The van der Waals surface area contributed by atoms with Crippen molar-refractivity contribution in [2.75, 3.05) is 19.5 Å². The van der Waals surface area contributed by atoms with Gasteiger partial charge in [-0.2, -0.15) is 59.9 Å². The van der Waals surface area contributed by atoms with Crippen molar-refractivity contribution in [2.45, 2.75) is 33.1 Å². The molecule has 1 saturated carbocycles. The molecule has 19 aromatic rings. The Morgan fingerprint density at radius 2 is 0.803 bits per heavy atom. The number of hydrogen-bond donors (Lipinski definition) is 15. The minimum atomic E-state index is -0.510. The number of aromatic nitrogens is 7. The average molecular weight is 2060 g/mol. The summed E-state index contributed by atoms with van der Waals surface area (Å²) in [6.45, 7) is 3.31. The number of benzene rings is 11. The second-order valence-electron chi connectivity index (χ2n) is 30.4. The Labute approximate surface area is 849 Å². The number of carbonyl (C=O) groups excluding carboxylic acids is 7. The molecule has 11 aromatic carbocycles. The fraction of sp³-hybridized carbons (Fsp3) is 0.0808. The molecular formula is C99H87Cl2N29O15S2. The van der Waals surface area contributed by atoms with E-state index in [0.29, 0.717) is 93.5 Å². The number of furan rings is 1. The Bertz CT molecular complexity index is 7980. The Hall–Kier alpha value is -19.6. The zero-order chi connectivity index (χ0) is 104. The number of fused-ring (bicyclic) bond motifs is 7. The van der Waals surface area contributed by atoms with E-state index in [0.717, 1.165) is 44.4 Å². The number of para-hydroxylation sites is 11. The number of guanidine groups is 7. The molecule has 20 rings (SSSR count). The van der Waals surface area contributed by atoms with Crippen molar-refractivity contribution >= 4 is 251 Å². The molecule has 0 aliphatic heterocycles. The van der Waals surface area contributed by atoms with Crippen LogP contribution in [-0.4, -0.2) is 132 Å². The summed E-state index contributed by atoms with van der Waals surface area (Å²) in [7, 11) is 3.10. The lowest BCUT2D eigenvalue weighted by molar-refractivity contribution is -0.121. The molecule has 744 valence electrons. The number of rotatable bonds is 16. The van der Waals surface area contributed by atoms with Gasteiger partial charge in [-0.3, -0.25) is 66.0 Å². The van der Waals surface area contributed by atoms with E-state index in [9.17, 15) is 33.6 Å². The average Bonchev–Trinajstić information content (AvgIpc) is 1.63. The Kier molecular flexibility index (Phi) is 35.1. The number of hydrogen-bond acceptors (Lipinski definition) is 31. The van der Waals surface area contributed by atoms with Gasteiger partial charge in [-0.15, -0.1) is 0 Å². The van der Waals surface area contributed by atoms with E-state index < -0.39 is 17.8 Å². The first kappa shape index (κ1) is 103. The number of aliphatic imine (C=N–C) groups is 7. The number of anilines is 1. The summed E-state index contributed by atoms with van der Waals surface area (Å²) in [5.74, 6) is -0.952. The van der Waals surface area contributed by atoms with Crippen molar-refractivity contribution in [1.82, 2.24) is 72.1 Å². The minimum Gasteiger partial charge on any atom is -0.493 e.